The Bertz CT molecular complexity index is 194. The average Bonchev–Trinajstić information content (AvgIpc) is 2.15. The molecule has 0 amide bonds. The van der Waals surface area contributed by atoms with Gasteiger partial charge in [-0.25, -0.2) is 0 Å². The van der Waals surface area contributed by atoms with Gasteiger partial charge in [-0.2, -0.15) is 5.10 Å². The summed E-state index contributed by atoms with van der Waals surface area (Å²) >= 11 is 0. The molecule has 1 rings (SSSR count). The zero-order valence-corrected chi connectivity index (χ0v) is 4.57. The highest BCUT2D eigenvalue weighted by Crippen LogP contribution is 1.93. The first kappa shape index (κ1) is 5.74. The van der Waals surface area contributed by atoms with Gasteiger partial charge in [-0.05, 0) is 0 Å². The van der Waals surface area contributed by atoms with Gasteiger partial charge in [-0.3, -0.25) is 15.2 Å². The average molecular weight is 127 g/mol. The van der Waals surface area contributed by atoms with Crippen LogP contribution in [-0.2, 0) is 6.54 Å². The van der Waals surface area contributed by atoms with Crippen LogP contribution in [-0.4, -0.2) is 15.1 Å². The molecule has 0 aliphatic rings. The molecular weight excluding hydrogens is 122 g/mol. The van der Waals surface area contributed by atoms with Crippen LogP contribution >= 0.6 is 0 Å². The van der Waals surface area contributed by atoms with E-state index in [9.17, 15) is 10.1 Å². The molecule has 1 heterocycles. The molecule has 1 aromatic heterocycles. The number of nitrogens with one attached hydrogen (secondary N) is 1. The van der Waals surface area contributed by atoms with Crippen molar-refractivity contribution in [2.45, 2.75) is 6.54 Å². The van der Waals surface area contributed by atoms with Gasteiger partial charge in [0.1, 0.15) is 0 Å². The van der Waals surface area contributed by atoms with Crippen LogP contribution in [0.5, 0.6) is 0 Å². The van der Waals surface area contributed by atoms with E-state index in [2.05, 4.69) is 10.2 Å². The Balaban J connectivity index is 2.58. The second-order valence-corrected chi connectivity index (χ2v) is 1.60. The van der Waals surface area contributed by atoms with E-state index in [1.165, 1.54) is 12.4 Å². The monoisotopic (exact) mass is 127 g/mol. The van der Waals surface area contributed by atoms with Crippen molar-refractivity contribution < 1.29 is 4.92 Å². The van der Waals surface area contributed by atoms with Crippen LogP contribution < -0.4 is 0 Å². The molecular formula is C4H5N3O2. The Hall–Kier alpha value is -1.39. The van der Waals surface area contributed by atoms with Crippen LogP contribution in [0.1, 0.15) is 5.56 Å². The summed E-state index contributed by atoms with van der Waals surface area (Å²) in [6.07, 6.45) is 2.94. The molecule has 1 aromatic rings. The van der Waals surface area contributed by atoms with Gasteiger partial charge in [0.05, 0.1) is 11.8 Å². The number of H-pyrrole nitrogens is 1. The van der Waals surface area contributed by atoms with Crippen molar-refractivity contribution in [3.8, 4) is 0 Å². The smallest absolute Gasteiger partial charge is 0.231 e. The highest BCUT2D eigenvalue weighted by atomic mass is 16.6. The van der Waals surface area contributed by atoms with E-state index in [0.717, 1.165) is 0 Å². The van der Waals surface area contributed by atoms with Crippen LogP contribution in [0.25, 0.3) is 0 Å². The Morgan fingerprint density at radius 3 is 3.11 bits per heavy atom. The number of rotatable bonds is 2. The van der Waals surface area contributed by atoms with Crippen LogP contribution in [0.15, 0.2) is 12.4 Å². The van der Waals surface area contributed by atoms with Crippen molar-refractivity contribution >= 4 is 0 Å². The molecule has 48 valence electrons. The number of hydrogen-bond donors (Lipinski definition) is 1. The minimum atomic E-state index is -0.398. The molecule has 5 heteroatoms. The second-order valence-electron chi connectivity index (χ2n) is 1.60. The lowest BCUT2D eigenvalue weighted by atomic mass is 10.4. The molecule has 1 N–H and O–H groups in total. The number of nitrogens with zero attached hydrogens (tertiary/aromatic N) is 2. The SMILES string of the molecule is O=[N+]([O-])Cc1cn[nH]c1. The van der Waals surface area contributed by atoms with E-state index in [0.29, 0.717) is 5.56 Å². The summed E-state index contributed by atoms with van der Waals surface area (Å²) < 4.78 is 0. The van der Waals surface area contributed by atoms with Crippen molar-refractivity contribution in [3.63, 3.8) is 0 Å². The fourth-order valence-corrected chi connectivity index (χ4v) is 0.513. The summed E-state index contributed by atoms with van der Waals surface area (Å²) in [7, 11) is 0. The van der Waals surface area contributed by atoms with E-state index in [4.69, 9.17) is 0 Å². The predicted molar refractivity (Wildman–Crippen MR) is 29.3 cm³/mol. The molecule has 0 aliphatic carbocycles. The fraction of sp³-hybridized carbons (Fsp3) is 0.250. The van der Waals surface area contributed by atoms with E-state index >= 15 is 0 Å². The summed E-state index contributed by atoms with van der Waals surface area (Å²) in [5, 5.41) is 15.9. The predicted octanol–water partition coefficient (Wildman–Crippen LogP) is 0.186. The molecule has 0 saturated heterocycles. The zero-order valence-electron chi connectivity index (χ0n) is 4.57. The third kappa shape index (κ3) is 1.52. The number of aromatic nitrogens is 2. The van der Waals surface area contributed by atoms with E-state index in [1.807, 2.05) is 0 Å². The fourth-order valence-electron chi connectivity index (χ4n) is 0.513. The Morgan fingerprint density at radius 1 is 1.89 bits per heavy atom. The first-order chi connectivity index (χ1) is 4.29. The molecule has 0 atom stereocenters. The summed E-state index contributed by atoms with van der Waals surface area (Å²) in [4.78, 5) is 9.43. The topological polar surface area (TPSA) is 71.8 Å². The maximum Gasteiger partial charge on any atom is 0.231 e. The molecule has 9 heavy (non-hydrogen) atoms. The maximum atomic E-state index is 9.83. The van der Waals surface area contributed by atoms with Gasteiger partial charge in [0.25, 0.3) is 0 Å². The van der Waals surface area contributed by atoms with Gasteiger partial charge in [0, 0.05) is 11.1 Å². The standard InChI is InChI=1S/C4H5N3O2/c8-7(9)3-4-1-5-6-2-4/h1-2H,3H2,(H,5,6). The molecule has 0 aromatic carbocycles. The summed E-state index contributed by atoms with van der Waals surface area (Å²) in [6, 6.07) is 0. The van der Waals surface area contributed by atoms with Crippen molar-refractivity contribution in [1.82, 2.24) is 10.2 Å². The Kier molecular flexibility index (Phi) is 1.44. The normalized spacial score (nSPS) is 9.33. The Morgan fingerprint density at radius 2 is 2.67 bits per heavy atom. The molecule has 0 saturated carbocycles. The van der Waals surface area contributed by atoms with E-state index < -0.39 is 4.92 Å². The highest BCUT2D eigenvalue weighted by molar-refractivity contribution is 4.99. The van der Waals surface area contributed by atoms with E-state index in [-0.39, 0.29) is 6.54 Å². The quantitative estimate of drug-likeness (QED) is 0.455. The summed E-state index contributed by atoms with van der Waals surface area (Å²) in [5.74, 6) is 0. The third-order valence-corrected chi connectivity index (χ3v) is 0.867. The van der Waals surface area contributed by atoms with Gasteiger partial charge in [-0.15, -0.1) is 0 Å². The first-order valence-corrected chi connectivity index (χ1v) is 2.38. The zero-order chi connectivity index (χ0) is 6.69. The maximum absolute atomic E-state index is 9.83. The lowest BCUT2D eigenvalue weighted by Crippen LogP contribution is -1.95. The van der Waals surface area contributed by atoms with Gasteiger partial charge in [0.2, 0.25) is 6.54 Å². The number of hydrogen-bond acceptors (Lipinski definition) is 3. The van der Waals surface area contributed by atoms with Crippen molar-refractivity contribution in [2.24, 2.45) is 0 Å². The molecule has 0 aliphatic heterocycles. The first-order valence-electron chi connectivity index (χ1n) is 2.38. The van der Waals surface area contributed by atoms with Crippen molar-refractivity contribution in [2.75, 3.05) is 0 Å². The molecule has 0 fully saturated rings. The number of nitro groups is 1. The van der Waals surface area contributed by atoms with Gasteiger partial charge >= 0.3 is 0 Å². The van der Waals surface area contributed by atoms with Crippen LogP contribution in [0.3, 0.4) is 0 Å². The minimum Gasteiger partial charge on any atom is -0.285 e. The molecule has 0 unspecified atom stereocenters. The molecule has 5 nitrogen and oxygen atoms in total. The third-order valence-electron chi connectivity index (χ3n) is 0.867. The molecule has 0 bridgehead atoms. The molecule has 0 radical (unpaired) electrons. The number of aromatic amines is 1. The van der Waals surface area contributed by atoms with Gasteiger partial charge in [-0.1, -0.05) is 0 Å². The van der Waals surface area contributed by atoms with Gasteiger partial charge in [0.15, 0.2) is 0 Å². The molecule has 0 spiro atoms. The summed E-state index contributed by atoms with van der Waals surface area (Å²) in [6.45, 7) is -0.156. The van der Waals surface area contributed by atoms with Crippen LogP contribution in [0.2, 0.25) is 0 Å². The lowest BCUT2D eigenvalue weighted by molar-refractivity contribution is -0.496. The van der Waals surface area contributed by atoms with Gasteiger partial charge < -0.3 is 0 Å². The van der Waals surface area contributed by atoms with E-state index in [1.54, 1.807) is 0 Å². The van der Waals surface area contributed by atoms with Crippen molar-refractivity contribution in [3.05, 3.63) is 28.1 Å². The lowest BCUT2D eigenvalue weighted by Gasteiger charge is -1.83. The summed E-state index contributed by atoms with van der Waals surface area (Å²) in [5.41, 5.74) is 0.597. The largest absolute Gasteiger partial charge is 0.285 e. The second kappa shape index (κ2) is 2.25. The minimum absolute atomic E-state index is 0.156. The Labute approximate surface area is 50.8 Å². The van der Waals surface area contributed by atoms with Crippen LogP contribution in [0, 0.1) is 10.1 Å². The highest BCUT2D eigenvalue weighted by Gasteiger charge is 1.99. The van der Waals surface area contributed by atoms with Crippen molar-refractivity contribution in [1.29, 1.82) is 0 Å². The van der Waals surface area contributed by atoms with Crippen LogP contribution in [0.4, 0.5) is 0 Å².